The van der Waals surface area contributed by atoms with Crippen LogP contribution < -0.4 is 15.0 Å². The molecule has 2 aromatic rings. The summed E-state index contributed by atoms with van der Waals surface area (Å²) in [5, 5.41) is 22.3. The highest BCUT2D eigenvalue weighted by Gasteiger charge is 2.24. The summed E-state index contributed by atoms with van der Waals surface area (Å²) < 4.78 is 11.2. The summed E-state index contributed by atoms with van der Waals surface area (Å²) in [6.45, 7) is 7.49. The Labute approximate surface area is 193 Å². The number of hydrogen-bond acceptors (Lipinski definition) is 7. The zero-order chi connectivity index (χ0) is 23.4. The first-order chi connectivity index (χ1) is 15.9. The van der Waals surface area contributed by atoms with E-state index >= 15 is 0 Å². The maximum absolute atomic E-state index is 12.6. The summed E-state index contributed by atoms with van der Waals surface area (Å²) in [5.41, 5.74) is 3.59. The van der Waals surface area contributed by atoms with Crippen LogP contribution in [-0.2, 0) is 4.74 Å². The Hall–Kier alpha value is -2.88. The van der Waals surface area contributed by atoms with Crippen molar-refractivity contribution in [2.75, 3.05) is 56.2 Å². The van der Waals surface area contributed by atoms with Crippen LogP contribution in [0, 0.1) is 6.92 Å². The quantitative estimate of drug-likeness (QED) is 0.612. The molecule has 2 aliphatic heterocycles. The summed E-state index contributed by atoms with van der Waals surface area (Å²) in [4.78, 5) is 21.0. The number of amides is 2. The van der Waals surface area contributed by atoms with Gasteiger partial charge in [-0.15, -0.1) is 0 Å². The van der Waals surface area contributed by atoms with Crippen LogP contribution in [0.5, 0.6) is 5.88 Å². The van der Waals surface area contributed by atoms with Crippen LogP contribution >= 0.6 is 0 Å². The molecule has 0 spiro atoms. The Morgan fingerprint density at radius 3 is 2.76 bits per heavy atom. The van der Waals surface area contributed by atoms with Crippen molar-refractivity contribution in [3.8, 4) is 17.0 Å². The number of urea groups is 1. The first-order valence-electron chi connectivity index (χ1n) is 11.4. The fraction of sp³-hybridized carbons (Fsp3) is 0.500. The molecule has 0 radical (unpaired) electrons. The number of carbonyl (C=O) groups excluding carboxylic acids is 1. The number of pyridine rings is 1. The zero-order valence-electron chi connectivity index (χ0n) is 19.2. The molecule has 4 rings (SSSR count). The van der Waals surface area contributed by atoms with Gasteiger partial charge in [-0.2, -0.15) is 4.98 Å². The third-order valence-corrected chi connectivity index (χ3v) is 5.85. The second-order valence-electron chi connectivity index (χ2n) is 8.66. The Balaban J connectivity index is 1.62. The highest BCUT2D eigenvalue weighted by atomic mass is 16.5. The number of anilines is 2. The number of carbonyl (C=O) groups is 1. The second kappa shape index (κ2) is 10.4. The van der Waals surface area contributed by atoms with Gasteiger partial charge in [-0.25, -0.2) is 4.79 Å². The number of hydrogen-bond donors (Lipinski definition) is 3. The number of aryl methyl sites for hydroxylation is 1. The SMILES string of the molecule is Cc1ccc(NC(=O)N2CC[C@H](O)C2)cc1-c1cc(OC[C@H](C)O)nc(N2CCOCC2)c1. The molecule has 178 valence electrons. The van der Waals surface area contributed by atoms with Gasteiger partial charge in [0.25, 0.3) is 0 Å². The minimum atomic E-state index is -0.605. The fourth-order valence-electron chi connectivity index (χ4n) is 4.02. The highest BCUT2D eigenvalue weighted by Crippen LogP contribution is 2.32. The number of benzene rings is 1. The van der Waals surface area contributed by atoms with Gasteiger partial charge in [0.1, 0.15) is 12.4 Å². The molecule has 0 aliphatic carbocycles. The molecule has 0 unspecified atom stereocenters. The number of aliphatic hydroxyl groups is 2. The average molecular weight is 457 g/mol. The van der Waals surface area contributed by atoms with Crippen LogP contribution in [-0.4, -0.2) is 84.3 Å². The fourth-order valence-corrected chi connectivity index (χ4v) is 4.02. The first-order valence-corrected chi connectivity index (χ1v) is 11.4. The van der Waals surface area contributed by atoms with Crippen molar-refractivity contribution in [1.82, 2.24) is 9.88 Å². The van der Waals surface area contributed by atoms with Crippen molar-refractivity contribution in [2.45, 2.75) is 32.5 Å². The predicted octanol–water partition coefficient (Wildman–Crippen LogP) is 2.25. The smallest absolute Gasteiger partial charge is 0.321 e. The van der Waals surface area contributed by atoms with E-state index in [0.29, 0.717) is 44.3 Å². The van der Waals surface area contributed by atoms with Gasteiger partial charge in [-0.1, -0.05) is 6.07 Å². The van der Waals surface area contributed by atoms with Gasteiger partial charge < -0.3 is 34.8 Å². The van der Waals surface area contributed by atoms with Gasteiger partial charge in [0, 0.05) is 37.9 Å². The number of rotatable bonds is 6. The van der Waals surface area contributed by atoms with E-state index in [2.05, 4.69) is 15.2 Å². The van der Waals surface area contributed by atoms with Gasteiger partial charge in [0.15, 0.2) is 0 Å². The first kappa shape index (κ1) is 23.3. The lowest BCUT2D eigenvalue weighted by atomic mass is 10.0. The van der Waals surface area contributed by atoms with Crippen molar-refractivity contribution < 1.29 is 24.5 Å². The van der Waals surface area contributed by atoms with E-state index in [4.69, 9.17) is 9.47 Å². The molecule has 3 N–H and O–H groups in total. The lowest BCUT2D eigenvalue weighted by Crippen LogP contribution is -2.36. The maximum Gasteiger partial charge on any atom is 0.321 e. The molecule has 1 aromatic carbocycles. The number of β-amino-alcohol motifs (C(OH)–C–C–N with tert-alkyl or cyclic N) is 1. The second-order valence-corrected chi connectivity index (χ2v) is 8.66. The number of morpholine rings is 1. The maximum atomic E-state index is 12.6. The summed E-state index contributed by atoms with van der Waals surface area (Å²) >= 11 is 0. The molecule has 33 heavy (non-hydrogen) atoms. The third kappa shape index (κ3) is 5.93. The molecule has 2 saturated heterocycles. The van der Waals surface area contributed by atoms with Gasteiger partial charge in [0.05, 0.1) is 25.4 Å². The number of aromatic nitrogens is 1. The molecule has 1 aromatic heterocycles. The van der Waals surface area contributed by atoms with E-state index in [0.717, 1.165) is 35.6 Å². The van der Waals surface area contributed by atoms with Gasteiger partial charge in [0.2, 0.25) is 5.88 Å². The summed E-state index contributed by atoms with van der Waals surface area (Å²) in [6.07, 6.45) is -0.463. The van der Waals surface area contributed by atoms with Crippen molar-refractivity contribution >= 4 is 17.5 Å². The van der Waals surface area contributed by atoms with E-state index in [1.807, 2.05) is 37.3 Å². The minimum Gasteiger partial charge on any atom is -0.475 e. The van der Waals surface area contributed by atoms with Crippen LogP contribution in [0.2, 0.25) is 0 Å². The predicted molar refractivity (Wildman–Crippen MR) is 126 cm³/mol. The Bertz CT molecular complexity index is 977. The molecule has 9 nitrogen and oxygen atoms in total. The molecular weight excluding hydrogens is 424 g/mol. The van der Waals surface area contributed by atoms with Crippen LogP contribution in [0.1, 0.15) is 18.9 Å². The van der Waals surface area contributed by atoms with E-state index in [9.17, 15) is 15.0 Å². The molecule has 2 fully saturated rings. The van der Waals surface area contributed by atoms with Crippen LogP contribution in [0.4, 0.5) is 16.3 Å². The van der Waals surface area contributed by atoms with Crippen molar-refractivity contribution in [1.29, 1.82) is 0 Å². The monoisotopic (exact) mass is 456 g/mol. The number of ether oxygens (including phenoxy) is 2. The Morgan fingerprint density at radius 1 is 1.27 bits per heavy atom. The minimum absolute atomic E-state index is 0.149. The van der Waals surface area contributed by atoms with Gasteiger partial charge in [-0.3, -0.25) is 0 Å². The molecule has 0 bridgehead atoms. The largest absolute Gasteiger partial charge is 0.475 e. The summed E-state index contributed by atoms with van der Waals surface area (Å²) in [7, 11) is 0. The van der Waals surface area contributed by atoms with E-state index in [1.165, 1.54) is 0 Å². The number of nitrogens with one attached hydrogen (secondary N) is 1. The van der Waals surface area contributed by atoms with Gasteiger partial charge in [-0.05, 0) is 55.2 Å². The van der Waals surface area contributed by atoms with E-state index < -0.39 is 12.2 Å². The normalized spacial score (nSPS) is 19.5. The Kier molecular flexibility index (Phi) is 7.32. The summed E-state index contributed by atoms with van der Waals surface area (Å²) in [6, 6.07) is 9.44. The van der Waals surface area contributed by atoms with Crippen LogP contribution in [0.25, 0.3) is 11.1 Å². The molecule has 3 heterocycles. The van der Waals surface area contributed by atoms with E-state index in [-0.39, 0.29) is 12.6 Å². The molecular formula is C24H32N4O5. The average Bonchev–Trinajstić information content (AvgIpc) is 3.26. The number of aliphatic hydroxyl groups excluding tert-OH is 2. The molecule has 2 amide bonds. The topological polar surface area (TPSA) is 107 Å². The number of nitrogens with zero attached hydrogens (tertiary/aromatic N) is 3. The third-order valence-electron chi connectivity index (χ3n) is 5.85. The highest BCUT2D eigenvalue weighted by molar-refractivity contribution is 5.90. The van der Waals surface area contributed by atoms with Crippen LogP contribution in [0.3, 0.4) is 0 Å². The van der Waals surface area contributed by atoms with Crippen molar-refractivity contribution in [3.63, 3.8) is 0 Å². The molecule has 2 aliphatic rings. The van der Waals surface area contributed by atoms with Crippen molar-refractivity contribution in [3.05, 3.63) is 35.9 Å². The Morgan fingerprint density at radius 2 is 2.06 bits per heavy atom. The van der Waals surface area contributed by atoms with Gasteiger partial charge >= 0.3 is 6.03 Å². The lowest BCUT2D eigenvalue weighted by molar-refractivity contribution is 0.118. The zero-order valence-corrected chi connectivity index (χ0v) is 19.2. The molecule has 2 atom stereocenters. The molecule has 0 saturated carbocycles. The van der Waals surface area contributed by atoms with Crippen molar-refractivity contribution in [2.24, 2.45) is 0 Å². The number of likely N-dealkylation sites (tertiary alicyclic amines) is 1. The summed E-state index contributed by atoms with van der Waals surface area (Å²) in [5.74, 6) is 1.23. The standard InChI is InChI=1S/C24H32N4O5/c1-16-3-4-19(25-24(31)28-6-5-20(30)14-28)13-21(16)18-11-22(27-7-9-32-10-8-27)26-23(12-18)33-15-17(2)29/h3-4,11-13,17,20,29-30H,5-10,14-15H2,1-2H3,(H,25,31)/t17-,20-/m0/s1. The molecule has 9 heteroatoms. The van der Waals surface area contributed by atoms with Crippen LogP contribution in [0.15, 0.2) is 30.3 Å². The lowest BCUT2D eigenvalue weighted by Gasteiger charge is -2.28. The van der Waals surface area contributed by atoms with E-state index in [1.54, 1.807) is 11.8 Å².